The zero-order valence-electron chi connectivity index (χ0n) is 11.4. The highest BCUT2D eigenvalue weighted by Gasteiger charge is 2.17. The third-order valence-corrected chi connectivity index (χ3v) is 5.28. The molecule has 0 atom stereocenters. The lowest BCUT2D eigenvalue weighted by molar-refractivity contribution is 0.0598. The highest BCUT2D eigenvalue weighted by Crippen LogP contribution is 2.35. The van der Waals surface area contributed by atoms with Crippen LogP contribution in [-0.4, -0.2) is 17.5 Å². The zero-order valence-corrected chi connectivity index (χ0v) is 13.0. The van der Waals surface area contributed by atoms with E-state index in [2.05, 4.69) is 11.1 Å². The van der Waals surface area contributed by atoms with E-state index < -0.39 is 0 Å². The lowest BCUT2D eigenvalue weighted by Crippen LogP contribution is -2.03. The summed E-state index contributed by atoms with van der Waals surface area (Å²) in [7, 11) is 1.37. The normalized spacial score (nSPS) is 13.5. The van der Waals surface area contributed by atoms with Gasteiger partial charge in [-0.1, -0.05) is 41.7 Å². The molecule has 1 aliphatic rings. The number of nitrogens with zero attached hydrogens (tertiary/aromatic N) is 1. The molecule has 21 heavy (non-hydrogen) atoms. The van der Waals surface area contributed by atoms with Gasteiger partial charge >= 0.3 is 5.97 Å². The molecule has 1 aliphatic heterocycles. The second kappa shape index (κ2) is 6.41. The van der Waals surface area contributed by atoms with E-state index in [1.165, 1.54) is 18.9 Å². The van der Waals surface area contributed by atoms with E-state index in [1.807, 2.05) is 18.2 Å². The molecule has 0 saturated carbocycles. The van der Waals surface area contributed by atoms with Gasteiger partial charge in [0.25, 0.3) is 0 Å². The average molecular weight is 319 g/mol. The van der Waals surface area contributed by atoms with E-state index in [-0.39, 0.29) is 5.97 Å². The molecule has 1 aromatic carbocycles. The van der Waals surface area contributed by atoms with Gasteiger partial charge < -0.3 is 9.15 Å². The summed E-state index contributed by atoms with van der Waals surface area (Å²) in [6.45, 7) is 0. The first-order valence-electron chi connectivity index (χ1n) is 6.35. The summed E-state index contributed by atoms with van der Waals surface area (Å²) in [5.74, 6) is 1.73. The Kier molecular flexibility index (Phi) is 4.36. The van der Waals surface area contributed by atoms with Crippen molar-refractivity contribution in [2.75, 3.05) is 7.11 Å². The van der Waals surface area contributed by atoms with Gasteiger partial charge in [0.15, 0.2) is 0 Å². The van der Waals surface area contributed by atoms with Crippen LogP contribution in [0.5, 0.6) is 0 Å². The van der Waals surface area contributed by atoms with Crippen molar-refractivity contribution in [1.29, 1.82) is 0 Å². The molecule has 0 amide bonds. The number of carbonyl (C=O) groups is 1. The molecule has 0 saturated heterocycles. The van der Waals surface area contributed by atoms with Gasteiger partial charge in [0.2, 0.25) is 0 Å². The molecule has 0 spiro atoms. The second-order valence-corrected chi connectivity index (χ2v) is 6.52. The first-order chi connectivity index (χ1) is 10.3. The van der Waals surface area contributed by atoms with Crippen molar-refractivity contribution < 1.29 is 13.9 Å². The van der Waals surface area contributed by atoms with Gasteiger partial charge in [-0.15, -0.1) is 0 Å². The minimum absolute atomic E-state index is 0.372. The number of methoxy groups -OCH3 is 1. The largest absolute Gasteiger partial charge is 0.468 e. The number of fused-ring (bicyclic) bond motifs is 1. The number of benzene rings is 1. The second-order valence-electron chi connectivity index (χ2n) is 4.33. The Hall–Kier alpha value is -1.66. The maximum atomic E-state index is 11.6. The number of thioether (sulfide) groups is 2. The lowest BCUT2D eigenvalue weighted by Gasteiger charge is -2.13. The van der Waals surface area contributed by atoms with Crippen LogP contribution in [0.25, 0.3) is 0 Å². The van der Waals surface area contributed by atoms with Crippen LogP contribution < -0.4 is 0 Å². The van der Waals surface area contributed by atoms with Crippen molar-refractivity contribution in [2.24, 2.45) is 4.99 Å². The van der Waals surface area contributed by atoms with Gasteiger partial charge in [-0.3, -0.25) is 0 Å². The van der Waals surface area contributed by atoms with Gasteiger partial charge in [-0.2, -0.15) is 0 Å². The third kappa shape index (κ3) is 3.16. The lowest BCUT2D eigenvalue weighted by atomic mass is 10.2. The quantitative estimate of drug-likeness (QED) is 0.792. The van der Waals surface area contributed by atoms with Crippen LogP contribution in [0.1, 0.15) is 21.7 Å². The van der Waals surface area contributed by atoms with Gasteiger partial charge in [-0.05, 0) is 17.7 Å². The molecule has 0 radical (unpaired) electrons. The van der Waals surface area contributed by atoms with Crippen LogP contribution >= 0.6 is 23.5 Å². The van der Waals surface area contributed by atoms with Gasteiger partial charge in [0.05, 0.1) is 24.8 Å². The molecule has 4 nitrogen and oxygen atoms in total. The number of aliphatic imine (C=N–C) groups is 1. The van der Waals surface area contributed by atoms with Crippen LogP contribution in [0.3, 0.4) is 0 Å². The summed E-state index contributed by atoms with van der Waals surface area (Å²) in [5.41, 5.74) is 2.75. The van der Waals surface area contributed by atoms with Crippen LogP contribution in [0.2, 0.25) is 0 Å². The number of rotatable bonds is 3. The molecule has 2 aromatic rings. The molecular weight excluding hydrogens is 306 g/mol. The van der Waals surface area contributed by atoms with Crippen LogP contribution in [0, 0.1) is 0 Å². The van der Waals surface area contributed by atoms with Crippen molar-refractivity contribution in [3.05, 3.63) is 53.5 Å². The van der Waals surface area contributed by atoms with E-state index in [0.29, 0.717) is 17.1 Å². The highest BCUT2D eigenvalue weighted by atomic mass is 32.2. The van der Waals surface area contributed by atoms with Crippen molar-refractivity contribution in [1.82, 2.24) is 0 Å². The van der Waals surface area contributed by atoms with Crippen LogP contribution in [-0.2, 0) is 16.2 Å². The summed E-state index contributed by atoms with van der Waals surface area (Å²) in [6, 6.07) is 9.76. The molecule has 0 unspecified atom stereocenters. The van der Waals surface area contributed by atoms with E-state index in [4.69, 9.17) is 9.15 Å². The SMILES string of the molecule is COC(=O)c1ccoc1CSC1=Nc2ccccc2CS1. The molecular formula is C15H13NO3S2. The van der Waals surface area contributed by atoms with Crippen molar-refractivity contribution >= 4 is 39.6 Å². The fraction of sp³-hybridized carbons (Fsp3) is 0.200. The fourth-order valence-corrected chi connectivity index (χ4v) is 3.97. The number of hydrogen-bond acceptors (Lipinski definition) is 6. The minimum Gasteiger partial charge on any atom is -0.468 e. The van der Waals surface area contributed by atoms with E-state index >= 15 is 0 Å². The van der Waals surface area contributed by atoms with E-state index in [0.717, 1.165) is 15.8 Å². The Morgan fingerprint density at radius 2 is 2.29 bits per heavy atom. The summed E-state index contributed by atoms with van der Waals surface area (Å²) in [5, 5.41) is 0. The molecule has 3 rings (SSSR count). The molecule has 2 heterocycles. The fourth-order valence-electron chi connectivity index (χ4n) is 1.96. The monoisotopic (exact) mass is 319 g/mol. The molecule has 0 aliphatic carbocycles. The Balaban J connectivity index is 1.71. The first kappa shape index (κ1) is 14.3. The average Bonchev–Trinajstić information content (AvgIpc) is 3.00. The number of furan rings is 1. The predicted molar refractivity (Wildman–Crippen MR) is 86.2 cm³/mol. The Labute approximate surface area is 131 Å². The molecule has 6 heteroatoms. The highest BCUT2D eigenvalue weighted by molar-refractivity contribution is 8.38. The van der Waals surface area contributed by atoms with Crippen molar-refractivity contribution in [3.8, 4) is 0 Å². The first-order valence-corrected chi connectivity index (χ1v) is 8.32. The molecule has 1 aromatic heterocycles. The summed E-state index contributed by atoms with van der Waals surface area (Å²) in [6.07, 6.45) is 1.51. The maximum Gasteiger partial charge on any atom is 0.341 e. The van der Waals surface area contributed by atoms with Crippen LogP contribution in [0.4, 0.5) is 5.69 Å². The minimum atomic E-state index is -0.372. The number of ether oxygens (including phenoxy) is 1. The summed E-state index contributed by atoms with van der Waals surface area (Å²) < 4.78 is 11.1. The summed E-state index contributed by atoms with van der Waals surface area (Å²) in [4.78, 5) is 16.2. The standard InChI is InChI=1S/C15H13NO3S2/c1-18-14(17)11-6-7-19-13(11)9-21-15-16-12-5-3-2-4-10(12)8-20-15/h2-7H,8-9H2,1H3. The van der Waals surface area contributed by atoms with E-state index in [1.54, 1.807) is 29.6 Å². The maximum absolute atomic E-state index is 11.6. The Morgan fingerprint density at radius 1 is 1.43 bits per heavy atom. The van der Waals surface area contributed by atoms with Gasteiger partial charge in [0.1, 0.15) is 15.7 Å². The van der Waals surface area contributed by atoms with Crippen molar-refractivity contribution in [3.63, 3.8) is 0 Å². The predicted octanol–water partition coefficient (Wildman–Crippen LogP) is 4.23. The third-order valence-electron chi connectivity index (χ3n) is 3.03. The van der Waals surface area contributed by atoms with Crippen LogP contribution in [0.15, 0.2) is 46.0 Å². The molecule has 0 N–H and O–H groups in total. The number of carbonyl (C=O) groups excluding carboxylic acids is 1. The Bertz CT molecular complexity index is 694. The van der Waals surface area contributed by atoms with E-state index in [9.17, 15) is 4.79 Å². The number of para-hydroxylation sites is 1. The number of hydrogen-bond donors (Lipinski definition) is 0. The topological polar surface area (TPSA) is 51.8 Å². The molecule has 0 fully saturated rings. The van der Waals surface area contributed by atoms with Gasteiger partial charge in [-0.25, -0.2) is 9.79 Å². The smallest absolute Gasteiger partial charge is 0.341 e. The zero-order chi connectivity index (χ0) is 14.7. The summed E-state index contributed by atoms with van der Waals surface area (Å²) >= 11 is 3.28. The molecule has 108 valence electrons. The van der Waals surface area contributed by atoms with Gasteiger partial charge in [0, 0.05) is 5.75 Å². The van der Waals surface area contributed by atoms with Crippen molar-refractivity contribution in [2.45, 2.75) is 11.5 Å². The number of esters is 1. The Morgan fingerprint density at radius 3 is 3.14 bits per heavy atom. The molecule has 0 bridgehead atoms.